The zero-order valence-corrected chi connectivity index (χ0v) is 13.5. The molecule has 1 aliphatic heterocycles. The van der Waals surface area contributed by atoms with E-state index in [1.54, 1.807) is 18.2 Å². The molecule has 0 aliphatic carbocycles. The lowest BCUT2D eigenvalue weighted by Crippen LogP contribution is -2.40. The van der Waals surface area contributed by atoms with Gasteiger partial charge in [0.1, 0.15) is 6.61 Å². The Morgan fingerprint density at radius 1 is 1.21 bits per heavy atom. The molecule has 1 unspecified atom stereocenters. The number of para-hydroxylation sites is 2. The van der Waals surface area contributed by atoms with Crippen molar-refractivity contribution in [2.75, 3.05) is 19.0 Å². The second-order valence-corrected chi connectivity index (χ2v) is 5.45. The van der Waals surface area contributed by atoms with Crippen LogP contribution in [0.1, 0.15) is 10.4 Å². The van der Waals surface area contributed by atoms with Crippen molar-refractivity contribution >= 4 is 29.2 Å². The fraction of sp³-hybridized carbons (Fsp3) is 0.176. The van der Waals surface area contributed by atoms with Crippen LogP contribution in [0.3, 0.4) is 0 Å². The van der Waals surface area contributed by atoms with Crippen molar-refractivity contribution < 1.29 is 23.8 Å². The number of amides is 1. The molecule has 1 aliphatic rings. The molecule has 1 amide bonds. The van der Waals surface area contributed by atoms with Crippen molar-refractivity contribution in [3.63, 3.8) is 0 Å². The van der Waals surface area contributed by atoms with Crippen LogP contribution in [0.4, 0.5) is 5.69 Å². The average Bonchev–Trinajstić information content (AvgIpc) is 2.62. The Morgan fingerprint density at radius 2 is 1.96 bits per heavy atom. The molecular weight excluding hydrogens is 334 g/mol. The highest BCUT2D eigenvalue weighted by molar-refractivity contribution is 6.34. The zero-order chi connectivity index (χ0) is 17.1. The maximum absolute atomic E-state index is 12.4. The number of nitrogens with one attached hydrogen (secondary N) is 1. The number of hydrogen-bond acceptors (Lipinski definition) is 5. The Morgan fingerprint density at radius 3 is 2.71 bits per heavy atom. The molecule has 3 rings (SSSR count). The normalized spacial score (nSPS) is 15.5. The molecule has 0 saturated carbocycles. The second kappa shape index (κ2) is 6.80. The number of carbonyl (C=O) groups excluding carboxylic acids is 2. The molecule has 0 aromatic heterocycles. The molecule has 1 atom stereocenters. The monoisotopic (exact) mass is 347 g/mol. The van der Waals surface area contributed by atoms with Crippen LogP contribution in [0.5, 0.6) is 11.5 Å². The summed E-state index contributed by atoms with van der Waals surface area (Å²) in [5.74, 6) is 0.146. The maximum Gasteiger partial charge on any atom is 0.337 e. The van der Waals surface area contributed by atoms with Gasteiger partial charge in [-0.2, -0.15) is 0 Å². The largest absolute Gasteiger partial charge is 0.485 e. The van der Waals surface area contributed by atoms with Gasteiger partial charge in [-0.15, -0.1) is 0 Å². The third-order valence-corrected chi connectivity index (χ3v) is 3.78. The van der Waals surface area contributed by atoms with Gasteiger partial charge in [-0.05, 0) is 30.3 Å². The van der Waals surface area contributed by atoms with Crippen LogP contribution >= 0.6 is 11.6 Å². The number of methoxy groups -OCH3 is 1. The van der Waals surface area contributed by atoms with E-state index in [0.717, 1.165) is 0 Å². The van der Waals surface area contributed by atoms with E-state index in [2.05, 4.69) is 10.1 Å². The lowest BCUT2D eigenvalue weighted by atomic mass is 10.2. The summed E-state index contributed by atoms with van der Waals surface area (Å²) < 4.78 is 15.8. The highest BCUT2D eigenvalue weighted by Gasteiger charge is 2.27. The summed E-state index contributed by atoms with van der Waals surface area (Å²) in [6, 6.07) is 11.6. The molecule has 24 heavy (non-hydrogen) atoms. The summed E-state index contributed by atoms with van der Waals surface area (Å²) in [5.41, 5.74) is 0.579. The fourth-order valence-electron chi connectivity index (χ4n) is 2.23. The van der Waals surface area contributed by atoms with Gasteiger partial charge in [0.25, 0.3) is 5.91 Å². The number of fused-ring (bicyclic) bond motifs is 1. The molecule has 0 fully saturated rings. The lowest BCUT2D eigenvalue weighted by Gasteiger charge is -2.25. The van der Waals surface area contributed by atoms with E-state index >= 15 is 0 Å². The molecule has 1 heterocycles. The first-order valence-corrected chi connectivity index (χ1v) is 7.53. The van der Waals surface area contributed by atoms with E-state index in [-0.39, 0.29) is 12.2 Å². The standard InChI is InChI=1S/C17H14ClNO5/c1-22-17(21)10-6-7-11(18)12(8-10)19-16(20)15-9-23-13-4-2-3-5-14(13)24-15/h2-8,15H,9H2,1H3,(H,19,20). The number of hydrogen-bond donors (Lipinski definition) is 1. The Hall–Kier alpha value is -2.73. The number of halogens is 1. The summed E-state index contributed by atoms with van der Waals surface area (Å²) in [6.07, 6.45) is -0.822. The highest BCUT2D eigenvalue weighted by Crippen LogP contribution is 2.31. The summed E-state index contributed by atoms with van der Waals surface area (Å²) in [5, 5.41) is 2.95. The van der Waals surface area contributed by atoms with Gasteiger partial charge in [0.15, 0.2) is 11.5 Å². The van der Waals surface area contributed by atoms with E-state index in [1.807, 2.05) is 6.07 Å². The number of rotatable bonds is 3. The fourth-order valence-corrected chi connectivity index (χ4v) is 2.39. The zero-order valence-electron chi connectivity index (χ0n) is 12.7. The summed E-state index contributed by atoms with van der Waals surface area (Å²) in [7, 11) is 1.28. The van der Waals surface area contributed by atoms with Gasteiger partial charge in [0.05, 0.1) is 23.4 Å². The molecule has 0 bridgehead atoms. The Balaban J connectivity index is 1.75. The SMILES string of the molecule is COC(=O)c1ccc(Cl)c(NC(=O)C2COc3ccccc3O2)c1. The maximum atomic E-state index is 12.4. The third-order valence-electron chi connectivity index (χ3n) is 3.45. The minimum absolute atomic E-state index is 0.0805. The van der Waals surface area contributed by atoms with Gasteiger partial charge in [-0.25, -0.2) is 4.79 Å². The van der Waals surface area contributed by atoms with E-state index in [0.29, 0.717) is 22.2 Å². The molecule has 0 radical (unpaired) electrons. The van der Waals surface area contributed by atoms with Crippen LogP contribution in [-0.4, -0.2) is 31.7 Å². The smallest absolute Gasteiger partial charge is 0.337 e. The first kappa shape index (κ1) is 16.1. The van der Waals surface area contributed by atoms with Gasteiger partial charge in [-0.3, -0.25) is 4.79 Å². The third kappa shape index (κ3) is 3.28. The van der Waals surface area contributed by atoms with E-state index < -0.39 is 18.0 Å². The van der Waals surface area contributed by atoms with Crippen molar-refractivity contribution in [3.05, 3.63) is 53.1 Å². The van der Waals surface area contributed by atoms with Crippen LogP contribution in [0.2, 0.25) is 5.02 Å². The Bertz CT molecular complexity index is 792. The number of anilines is 1. The summed E-state index contributed by atoms with van der Waals surface area (Å²) in [6.45, 7) is 0.0805. The number of esters is 1. The topological polar surface area (TPSA) is 73.9 Å². The molecule has 7 heteroatoms. The minimum Gasteiger partial charge on any atom is -0.485 e. The molecular formula is C17H14ClNO5. The molecule has 0 spiro atoms. The minimum atomic E-state index is -0.822. The van der Waals surface area contributed by atoms with Crippen molar-refractivity contribution in [1.29, 1.82) is 0 Å². The van der Waals surface area contributed by atoms with Crippen LogP contribution in [0, 0.1) is 0 Å². The van der Waals surface area contributed by atoms with Gasteiger partial charge < -0.3 is 19.5 Å². The van der Waals surface area contributed by atoms with Crippen molar-refractivity contribution in [2.24, 2.45) is 0 Å². The molecule has 6 nitrogen and oxygen atoms in total. The number of benzene rings is 2. The number of ether oxygens (including phenoxy) is 3. The van der Waals surface area contributed by atoms with Gasteiger partial charge in [-0.1, -0.05) is 23.7 Å². The highest BCUT2D eigenvalue weighted by atomic mass is 35.5. The molecule has 2 aromatic rings. The average molecular weight is 348 g/mol. The molecule has 0 saturated heterocycles. The first-order valence-electron chi connectivity index (χ1n) is 7.15. The molecule has 2 aromatic carbocycles. The van der Waals surface area contributed by atoms with Crippen molar-refractivity contribution in [2.45, 2.75) is 6.10 Å². The van der Waals surface area contributed by atoms with Crippen LogP contribution in [-0.2, 0) is 9.53 Å². The van der Waals surface area contributed by atoms with Crippen LogP contribution in [0.15, 0.2) is 42.5 Å². The lowest BCUT2D eigenvalue weighted by molar-refractivity contribution is -0.125. The van der Waals surface area contributed by atoms with Gasteiger partial charge in [0, 0.05) is 0 Å². The molecule has 124 valence electrons. The predicted octanol–water partition coefficient (Wildman–Crippen LogP) is 2.91. The Labute approximate surface area is 143 Å². The summed E-state index contributed by atoms with van der Waals surface area (Å²) in [4.78, 5) is 24.0. The quantitative estimate of drug-likeness (QED) is 0.864. The second-order valence-electron chi connectivity index (χ2n) is 5.04. The van der Waals surface area contributed by atoms with Crippen LogP contribution < -0.4 is 14.8 Å². The predicted molar refractivity (Wildman–Crippen MR) is 87.8 cm³/mol. The van der Waals surface area contributed by atoms with Gasteiger partial charge in [0.2, 0.25) is 6.10 Å². The van der Waals surface area contributed by atoms with Gasteiger partial charge >= 0.3 is 5.97 Å². The van der Waals surface area contributed by atoms with E-state index in [4.69, 9.17) is 21.1 Å². The van der Waals surface area contributed by atoms with Crippen molar-refractivity contribution in [1.82, 2.24) is 0 Å². The van der Waals surface area contributed by atoms with E-state index in [9.17, 15) is 9.59 Å². The van der Waals surface area contributed by atoms with Crippen LogP contribution in [0.25, 0.3) is 0 Å². The molecule has 1 N–H and O–H groups in total. The Kier molecular flexibility index (Phi) is 4.57. The first-order chi connectivity index (χ1) is 11.6. The van der Waals surface area contributed by atoms with E-state index in [1.165, 1.54) is 25.3 Å². The number of carbonyl (C=O) groups is 2. The summed E-state index contributed by atoms with van der Waals surface area (Å²) >= 11 is 6.07. The van der Waals surface area contributed by atoms with Crippen molar-refractivity contribution in [3.8, 4) is 11.5 Å².